The number of nitrogens with zero attached hydrogens (tertiary/aromatic N) is 3. The van der Waals surface area contributed by atoms with E-state index >= 15 is 0 Å². The van der Waals surface area contributed by atoms with Crippen LogP contribution in [0.2, 0.25) is 10.0 Å². The van der Waals surface area contributed by atoms with Crippen LogP contribution in [0.25, 0.3) is 0 Å². The minimum absolute atomic E-state index is 0.154. The molecule has 5 nitrogen and oxygen atoms in total. The van der Waals surface area contributed by atoms with Crippen molar-refractivity contribution in [1.82, 2.24) is 15.0 Å². The van der Waals surface area contributed by atoms with Crippen molar-refractivity contribution in [3.05, 3.63) is 46.2 Å². The summed E-state index contributed by atoms with van der Waals surface area (Å²) in [5.74, 6) is -2.15. The first-order valence-electron chi connectivity index (χ1n) is 4.73. The van der Waals surface area contributed by atoms with Crippen LogP contribution in [-0.2, 0) is 12.3 Å². The number of halogens is 2. The molecule has 0 fully saturated rings. The molecule has 0 aliphatic heterocycles. The molecule has 0 aliphatic rings. The van der Waals surface area contributed by atoms with Gasteiger partial charge in [0, 0.05) is 10.6 Å². The fourth-order valence-corrected chi connectivity index (χ4v) is 1.98. The zero-order valence-electron chi connectivity index (χ0n) is 8.59. The SMILES string of the molecule is OC(O)(Cn1nccn1)c1ccc(Cl)cc1Cl. The van der Waals surface area contributed by atoms with Crippen LogP contribution in [0, 0.1) is 0 Å². The smallest absolute Gasteiger partial charge is 0.213 e. The number of aliphatic hydroxyl groups is 2. The summed E-state index contributed by atoms with van der Waals surface area (Å²) in [5, 5.41) is 28.1. The van der Waals surface area contributed by atoms with Gasteiger partial charge in [0.25, 0.3) is 0 Å². The zero-order chi connectivity index (χ0) is 12.5. The maximum Gasteiger partial charge on any atom is 0.213 e. The van der Waals surface area contributed by atoms with Gasteiger partial charge in [-0.15, -0.1) is 0 Å². The highest BCUT2D eigenvalue weighted by atomic mass is 35.5. The second kappa shape index (κ2) is 4.62. The Kier molecular flexibility index (Phi) is 3.35. The van der Waals surface area contributed by atoms with Gasteiger partial charge < -0.3 is 10.2 Å². The molecule has 0 saturated carbocycles. The third-order valence-corrected chi connectivity index (χ3v) is 2.74. The van der Waals surface area contributed by atoms with Gasteiger partial charge in [-0.05, 0) is 12.1 Å². The van der Waals surface area contributed by atoms with Crippen molar-refractivity contribution >= 4 is 23.2 Å². The first kappa shape index (κ1) is 12.3. The van der Waals surface area contributed by atoms with Gasteiger partial charge in [-0.1, -0.05) is 29.3 Å². The van der Waals surface area contributed by atoms with E-state index < -0.39 is 5.79 Å². The Morgan fingerprint density at radius 1 is 1.18 bits per heavy atom. The predicted molar refractivity (Wildman–Crippen MR) is 62.6 cm³/mol. The molecular weight excluding hydrogens is 265 g/mol. The summed E-state index contributed by atoms with van der Waals surface area (Å²) in [6.45, 7) is -0.221. The van der Waals surface area contributed by atoms with Gasteiger partial charge in [-0.2, -0.15) is 15.0 Å². The third kappa shape index (κ3) is 2.76. The fourth-order valence-electron chi connectivity index (χ4n) is 1.42. The lowest BCUT2D eigenvalue weighted by atomic mass is 10.1. The molecule has 0 spiro atoms. The van der Waals surface area contributed by atoms with E-state index in [4.69, 9.17) is 23.2 Å². The van der Waals surface area contributed by atoms with Crippen LogP contribution >= 0.6 is 23.2 Å². The van der Waals surface area contributed by atoms with Crippen molar-refractivity contribution in [3.63, 3.8) is 0 Å². The van der Waals surface area contributed by atoms with Crippen LogP contribution < -0.4 is 0 Å². The van der Waals surface area contributed by atoms with Crippen molar-refractivity contribution < 1.29 is 10.2 Å². The molecule has 0 aliphatic carbocycles. The summed E-state index contributed by atoms with van der Waals surface area (Å²) in [6.07, 6.45) is 2.89. The first-order chi connectivity index (χ1) is 7.99. The highest BCUT2D eigenvalue weighted by Crippen LogP contribution is 2.29. The van der Waals surface area contributed by atoms with E-state index in [0.717, 1.165) is 4.80 Å². The Balaban J connectivity index is 2.30. The first-order valence-corrected chi connectivity index (χ1v) is 5.49. The molecule has 0 bridgehead atoms. The van der Waals surface area contributed by atoms with Crippen LogP contribution in [-0.4, -0.2) is 25.2 Å². The van der Waals surface area contributed by atoms with Gasteiger partial charge in [0.2, 0.25) is 5.79 Å². The van der Waals surface area contributed by atoms with E-state index in [1.54, 1.807) is 0 Å². The van der Waals surface area contributed by atoms with Crippen molar-refractivity contribution in [1.29, 1.82) is 0 Å². The van der Waals surface area contributed by atoms with Gasteiger partial charge in [-0.3, -0.25) is 0 Å². The van der Waals surface area contributed by atoms with Crippen molar-refractivity contribution in [2.75, 3.05) is 0 Å². The Morgan fingerprint density at radius 3 is 2.41 bits per heavy atom. The maximum atomic E-state index is 9.96. The Labute approximate surface area is 107 Å². The molecule has 17 heavy (non-hydrogen) atoms. The largest absolute Gasteiger partial charge is 0.360 e. The van der Waals surface area contributed by atoms with E-state index in [-0.39, 0.29) is 17.1 Å². The molecule has 0 amide bonds. The fraction of sp³-hybridized carbons (Fsp3) is 0.200. The minimum Gasteiger partial charge on any atom is -0.360 e. The standard InChI is InChI=1S/C10H9Cl2N3O2/c11-7-1-2-8(9(12)5-7)10(16,17)6-15-13-3-4-14-15/h1-5,16-17H,6H2. The second-order valence-electron chi connectivity index (χ2n) is 3.50. The molecular formula is C10H9Cl2N3O2. The van der Waals surface area contributed by atoms with Crippen LogP contribution in [0.15, 0.2) is 30.6 Å². The molecule has 7 heteroatoms. The number of rotatable bonds is 3. The predicted octanol–water partition coefficient (Wildman–Crippen LogP) is 1.42. The monoisotopic (exact) mass is 273 g/mol. The van der Waals surface area contributed by atoms with Gasteiger partial charge in [0.05, 0.1) is 17.4 Å². The van der Waals surface area contributed by atoms with Gasteiger partial charge in [0.1, 0.15) is 6.54 Å². The summed E-state index contributed by atoms with van der Waals surface area (Å²) < 4.78 is 0. The Morgan fingerprint density at radius 2 is 1.82 bits per heavy atom. The van der Waals surface area contributed by atoms with E-state index in [0.29, 0.717) is 5.02 Å². The van der Waals surface area contributed by atoms with Crippen molar-refractivity contribution in [2.45, 2.75) is 12.3 Å². The molecule has 2 aromatic rings. The van der Waals surface area contributed by atoms with Crippen LogP contribution in [0.5, 0.6) is 0 Å². The summed E-state index contributed by atoms with van der Waals surface area (Å²) in [5.41, 5.74) is 0.154. The molecule has 2 N–H and O–H groups in total. The molecule has 1 aromatic carbocycles. The topological polar surface area (TPSA) is 71.2 Å². The summed E-state index contributed by atoms with van der Waals surface area (Å²) in [4.78, 5) is 1.16. The summed E-state index contributed by atoms with van der Waals surface area (Å²) in [6, 6.07) is 4.42. The van der Waals surface area contributed by atoms with E-state index in [9.17, 15) is 10.2 Å². The number of hydrogen-bond donors (Lipinski definition) is 2. The van der Waals surface area contributed by atoms with Gasteiger partial charge in [0.15, 0.2) is 0 Å². The van der Waals surface area contributed by atoms with E-state index in [1.165, 1.54) is 30.6 Å². The number of hydrogen-bond acceptors (Lipinski definition) is 4. The average Bonchev–Trinajstić information content (AvgIpc) is 2.68. The molecule has 2 rings (SSSR count). The molecule has 90 valence electrons. The lowest BCUT2D eigenvalue weighted by molar-refractivity contribution is -0.183. The van der Waals surface area contributed by atoms with Crippen molar-refractivity contribution in [2.24, 2.45) is 0 Å². The molecule has 0 atom stereocenters. The van der Waals surface area contributed by atoms with Crippen LogP contribution in [0.3, 0.4) is 0 Å². The molecule has 1 heterocycles. The normalized spacial score (nSPS) is 11.8. The molecule has 1 aromatic heterocycles. The minimum atomic E-state index is -2.15. The van der Waals surface area contributed by atoms with E-state index in [1.807, 2.05) is 0 Å². The van der Waals surface area contributed by atoms with Crippen LogP contribution in [0.4, 0.5) is 0 Å². The molecule has 0 unspecified atom stereocenters. The summed E-state index contributed by atoms with van der Waals surface area (Å²) >= 11 is 11.6. The van der Waals surface area contributed by atoms with E-state index in [2.05, 4.69) is 10.2 Å². The Hall–Kier alpha value is -1.14. The zero-order valence-corrected chi connectivity index (χ0v) is 10.1. The highest BCUT2D eigenvalue weighted by molar-refractivity contribution is 6.35. The number of aromatic nitrogens is 3. The highest BCUT2D eigenvalue weighted by Gasteiger charge is 2.29. The lowest BCUT2D eigenvalue weighted by Gasteiger charge is -2.22. The maximum absolute atomic E-state index is 9.96. The quantitative estimate of drug-likeness (QED) is 0.830. The second-order valence-corrected chi connectivity index (χ2v) is 4.34. The molecule has 0 saturated heterocycles. The summed E-state index contributed by atoms with van der Waals surface area (Å²) in [7, 11) is 0. The van der Waals surface area contributed by atoms with Crippen LogP contribution in [0.1, 0.15) is 5.56 Å². The number of benzene rings is 1. The van der Waals surface area contributed by atoms with Gasteiger partial charge >= 0.3 is 0 Å². The molecule has 0 radical (unpaired) electrons. The van der Waals surface area contributed by atoms with Crippen molar-refractivity contribution in [3.8, 4) is 0 Å². The average molecular weight is 274 g/mol. The Bertz CT molecular complexity index is 514. The van der Waals surface area contributed by atoms with Gasteiger partial charge in [-0.25, -0.2) is 0 Å². The lowest BCUT2D eigenvalue weighted by Crippen LogP contribution is -2.32. The third-order valence-electron chi connectivity index (χ3n) is 2.19.